The van der Waals surface area contributed by atoms with Gasteiger partial charge in [0, 0.05) is 6.42 Å². The third kappa shape index (κ3) is 5.98. The van der Waals surface area contributed by atoms with Crippen LogP contribution in [0.25, 0.3) is 0 Å². The lowest BCUT2D eigenvalue weighted by Crippen LogP contribution is -2.44. The van der Waals surface area contributed by atoms with Crippen molar-refractivity contribution < 1.29 is 19.1 Å². The van der Waals surface area contributed by atoms with E-state index in [1.807, 2.05) is 0 Å². The fourth-order valence-electron chi connectivity index (χ4n) is 1.26. The second-order valence-electron chi connectivity index (χ2n) is 6.00. The zero-order chi connectivity index (χ0) is 13.9. The summed E-state index contributed by atoms with van der Waals surface area (Å²) in [6, 6.07) is 0. The summed E-state index contributed by atoms with van der Waals surface area (Å²) in [5.74, 6) is -0.954. The average molecular weight is 260 g/mol. The van der Waals surface area contributed by atoms with E-state index in [2.05, 4.69) is 33.9 Å². The Bertz CT molecular complexity index is 275. The topological polar surface area (TPSA) is 63.6 Å². The maximum atomic E-state index is 11.1. The lowest BCUT2D eigenvalue weighted by molar-refractivity contribution is -0.139. The second kappa shape index (κ2) is 5.77. The lowest BCUT2D eigenvalue weighted by atomic mass is 10.1. The Morgan fingerprint density at radius 1 is 1.24 bits per heavy atom. The molecule has 0 spiro atoms. The number of carbonyl (C=O) groups excluding carboxylic acids is 1. The zero-order valence-corrected chi connectivity index (χ0v) is 12.7. The Kier molecular flexibility index (Phi) is 5.54. The molecular formula is C12H24O4Si. The molecule has 1 N–H and O–H groups in total. The van der Waals surface area contributed by atoms with Gasteiger partial charge in [0.25, 0.3) is 0 Å². The van der Waals surface area contributed by atoms with E-state index in [-0.39, 0.29) is 23.7 Å². The van der Waals surface area contributed by atoms with Crippen molar-refractivity contribution in [3.8, 4) is 0 Å². The van der Waals surface area contributed by atoms with Crippen LogP contribution in [0.3, 0.4) is 0 Å². The number of rotatable bonds is 6. The number of carboxylic acid groups (broad SMARTS) is 1. The van der Waals surface area contributed by atoms with E-state index >= 15 is 0 Å². The van der Waals surface area contributed by atoms with Gasteiger partial charge in [0.1, 0.15) is 5.78 Å². The number of aliphatic carboxylic acids is 1. The fraction of sp³-hybridized carbons (Fsp3) is 0.833. The zero-order valence-electron chi connectivity index (χ0n) is 11.7. The van der Waals surface area contributed by atoms with Gasteiger partial charge in [-0.3, -0.25) is 9.59 Å². The van der Waals surface area contributed by atoms with Gasteiger partial charge in [0.2, 0.25) is 0 Å². The quantitative estimate of drug-likeness (QED) is 0.746. The van der Waals surface area contributed by atoms with Gasteiger partial charge in [0.05, 0.1) is 12.5 Å². The Morgan fingerprint density at radius 2 is 1.71 bits per heavy atom. The third-order valence-electron chi connectivity index (χ3n) is 3.18. The molecule has 0 aliphatic rings. The summed E-state index contributed by atoms with van der Waals surface area (Å²) in [5, 5.41) is 8.83. The summed E-state index contributed by atoms with van der Waals surface area (Å²) >= 11 is 0. The van der Waals surface area contributed by atoms with Crippen molar-refractivity contribution in [2.75, 3.05) is 0 Å². The van der Waals surface area contributed by atoms with Crippen LogP contribution in [-0.4, -0.2) is 31.3 Å². The van der Waals surface area contributed by atoms with Gasteiger partial charge in [-0.05, 0) is 25.1 Å². The van der Waals surface area contributed by atoms with Gasteiger partial charge in [-0.25, -0.2) is 0 Å². The number of carboxylic acids is 1. The molecule has 0 aromatic carbocycles. The normalized spacial score (nSPS) is 14.5. The Labute approximate surface area is 104 Å². The molecule has 0 saturated heterocycles. The van der Waals surface area contributed by atoms with E-state index in [0.717, 1.165) is 0 Å². The molecule has 0 saturated carbocycles. The highest BCUT2D eigenvalue weighted by Gasteiger charge is 2.39. The van der Waals surface area contributed by atoms with Crippen molar-refractivity contribution in [3.05, 3.63) is 0 Å². The van der Waals surface area contributed by atoms with Crippen LogP contribution in [0.5, 0.6) is 0 Å². The first-order valence-electron chi connectivity index (χ1n) is 5.85. The minimum absolute atomic E-state index is 0.0144. The van der Waals surface area contributed by atoms with Gasteiger partial charge in [-0.15, -0.1) is 0 Å². The highest BCUT2D eigenvalue weighted by molar-refractivity contribution is 6.74. The van der Waals surface area contributed by atoms with Crippen molar-refractivity contribution in [3.63, 3.8) is 0 Å². The minimum Gasteiger partial charge on any atom is -0.481 e. The van der Waals surface area contributed by atoms with Crippen LogP contribution >= 0.6 is 0 Å². The van der Waals surface area contributed by atoms with E-state index in [1.165, 1.54) is 6.92 Å². The summed E-state index contributed by atoms with van der Waals surface area (Å²) in [4.78, 5) is 21.9. The molecule has 0 aromatic heterocycles. The van der Waals surface area contributed by atoms with Crippen LogP contribution in [0.2, 0.25) is 18.1 Å². The fourth-order valence-corrected chi connectivity index (χ4v) is 2.62. The molecule has 0 fully saturated rings. The molecule has 1 unspecified atom stereocenters. The largest absolute Gasteiger partial charge is 0.481 e. The molecule has 0 aliphatic carbocycles. The van der Waals surface area contributed by atoms with E-state index in [9.17, 15) is 9.59 Å². The van der Waals surface area contributed by atoms with E-state index < -0.39 is 20.4 Å². The van der Waals surface area contributed by atoms with Crippen LogP contribution in [0.4, 0.5) is 0 Å². The van der Waals surface area contributed by atoms with Crippen molar-refractivity contribution in [1.29, 1.82) is 0 Å². The van der Waals surface area contributed by atoms with Crippen LogP contribution < -0.4 is 0 Å². The summed E-state index contributed by atoms with van der Waals surface area (Å²) in [6.07, 6.45) is -0.420. The summed E-state index contributed by atoms with van der Waals surface area (Å²) in [6.45, 7) is 11.8. The number of hydrogen-bond donors (Lipinski definition) is 1. The molecule has 4 nitrogen and oxygen atoms in total. The molecule has 0 radical (unpaired) electrons. The molecule has 17 heavy (non-hydrogen) atoms. The molecule has 5 heteroatoms. The monoisotopic (exact) mass is 260 g/mol. The molecule has 0 amide bonds. The van der Waals surface area contributed by atoms with Gasteiger partial charge < -0.3 is 9.53 Å². The molecule has 0 heterocycles. The molecule has 0 bridgehead atoms. The van der Waals surface area contributed by atoms with Gasteiger partial charge in [0.15, 0.2) is 8.32 Å². The number of hydrogen-bond acceptors (Lipinski definition) is 3. The summed E-state index contributed by atoms with van der Waals surface area (Å²) in [5.41, 5.74) is 0. The van der Waals surface area contributed by atoms with Crippen LogP contribution in [-0.2, 0) is 14.0 Å². The SMILES string of the molecule is CC(=O)CC(CC(=O)O)O[Si](C)(C)C(C)(C)C. The third-order valence-corrected chi connectivity index (χ3v) is 7.72. The van der Waals surface area contributed by atoms with Crippen LogP contribution in [0.1, 0.15) is 40.5 Å². The molecule has 0 aliphatic heterocycles. The molecular weight excluding hydrogens is 236 g/mol. The predicted molar refractivity (Wildman–Crippen MR) is 69.6 cm³/mol. The highest BCUT2D eigenvalue weighted by atomic mass is 28.4. The molecule has 1 atom stereocenters. The number of Topliss-reactive ketones (excluding diaryl/α,β-unsaturated/α-hetero) is 1. The van der Waals surface area contributed by atoms with Crippen molar-refractivity contribution in [2.24, 2.45) is 0 Å². The first-order valence-corrected chi connectivity index (χ1v) is 8.75. The molecule has 100 valence electrons. The molecule has 0 rings (SSSR count). The van der Waals surface area contributed by atoms with Crippen LogP contribution in [0, 0.1) is 0 Å². The first-order chi connectivity index (χ1) is 7.45. The summed E-state index contributed by atoms with van der Waals surface area (Å²) in [7, 11) is -2.02. The first kappa shape index (κ1) is 16.3. The van der Waals surface area contributed by atoms with E-state index in [1.54, 1.807) is 0 Å². The summed E-state index contributed by atoms with van der Waals surface area (Å²) < 4.78 is 5.96. The smallest absolute Gasteiger partial charge is 0.305 e. The van der Waals surface area contributed by atoms with Crippen LogP contribution in [0.15, 0.2) is 0 Å². The van der Waals surface area contributed by atoms with Crippen molar-refractivity contribution in [2.45, 2.75) is 64.8 Å². The van der Waals surface area contributed by atoms with Gasteiger partial charge in [-0.2, -0.15) is 0 Å². The maximum Gasteiger partial charge on any atom is 0.305 e. The predicted octanol–water partition coefficient (Wildman–Crippen LogP) is 2.83. The van der Waals surface area contributed by atoms with E-state index in [4.69, 9.17) is 9.53 Å². The average Bonchev–Trinajstić information content (AvgIpc) is 1.96. The Balaban J connectivity index is 4.73. The Hall–Kier alpha value is -0.683. The highest BCUT2D eigenvalue weighted by Crippen LogP contribution is 2.37. The lowest BCUT2D eigenvalue weighted by Gasteiger charge is -2.38. The number of ketones is 1. The standard InChI is InChI=1S/C12H24O4Si/c1-9(13)7-10(8-11(14)15)16-17(5,6)12(2,3)4/h10H,7-8H2,1-6H3,(H,14,15). The minimum atomic E-state index is -2.02. The second-order valence-corrected chi connectivity index (χ2v) is 10.8. The van der Waals surface area contributed by atoms with Crippen molar-refractivity contribution >= 4 is 20.1 Å². The maximum absolute atomic E-state index is 11.1. The number of carbonyl (C=O) groups is 2. The Morgan fingerprint density at radius 3 is 2.00 bits per heavy atom. The molecule has 0 aromatic rings. The van der Waals surface area contributed by atoms with Gasteiger partial charge >= 0.3 is 5.97 Å². The van der Waals surface area contributed by atoms with Crippen molar-refractivity contribution in [1.82, 2.24) is 0 Å². The van der Waals surface area contributed by atoms with Gasteiger partial charge in [-0.1, -0.05) is 20.8 Å². The van der Waals surface area contributed by atoms with E-state index in [0.29, 0.717) is 0 Å².